The number of nitrogens with one attached hydrogen (secondary N) is 1. The number of unbranched alkanes of at least 4 members (excludes halogenated alkanes) is 2. The SMILES string of the molecule is CCCCCc1ccc(S(=O)(=O)Oc2ccccc2)c(C=NNC(=O)Cc2cccc(OC)c2)c1. The third kappa shape index (κ3) is 7.96. The summed E-state index contributed by atoms with van der Waals surface area (Å²) in [7, 11) is -2.55. The molecule has 1 amide bonds. The maximum atomic E-state index is 13.0. The van der Waals surface area contributed by atoms with E-state index >= 15 is 0 Å². The molecule has 184 valence electrons. The van der Waals surface area contributed by atoms with Gasteiger partial charge in [-0.05, 0) is 60.4 Å². The largest absolute Gasteiger partial charge is 0.497 e. The standard InChI is InChI=1S/C27H30N2O5S/c1-3-4-6-10-21-15-16-26(35(31,32)34-24-12-7-5-8-13-24)23(17-21)20-28-29-27(30)19-22-11-9-14-25(18-22)33-2/h5,7-9,11-18,20H,3-4,6,10,19H2,1-2H3,(H,29,30). The molecular formula is C27H30N2O5S. The van der Waals surface area contributed by atoms with Gasteiger partial charge in [0.05, 0.1) is 19.7 Å². The van der Waals surface area contributed by atoms with Crippen LogP contribution in [-0.2, 0) is 27.8 Å². The molecule has 8 heteroatoms. The number of nitrogens with zero attached hydrogens (tertiary/aromatic N) is 1. The number of methoxy groups -OCH3 is 1. The Morgan fingerprint density at radius 1 is 0.943 bits per heavy atom. The number of aryl methyl sites for hydroxylation is 1. The smallest absolute Gasteiger partial charge is 0.339 e. The first kappa shape index (κ1) is 26.0. The van der Waals surface area contributed by atoms with Gasteiger partial charge >= 0.3 is 10.1 Å². The zero-order chi connectivity index (χ0) is 25.1. The third-order valence-corrected chi connectivity index (χ3v) is 6.58. The number of carbonyl (C=O) groups is 1. The Hall–Kier alpha value is -3.65. The molecule has 0 saturated carbocycles. The lowest BCUT2D eigenvalue weighted by Crippen LogP contribution is -2.20. The number of carbonyl (C=O) groups excluding carboxylic acids is 1. The maximum Gasteiger partial charge on any atom is 0.339 e. The van der Waals surface area contributed by atoms with E-state index in [0.717, 1.165) is 36.8 Å². The molecule has 35 heavy (non-hydrogen) atoms. The molecule has 0 heterocycles. The van der Waals surface area contributed by atoms with Crippen LogP contribution < -0.4 is 14.3 Å². The van der Waals surface area contributed by atoms with Gasteiger partial charge in [-0.25, -0.2) is 5.43 Å². The first-order valence-electron chi connectivity index (χ1n) is 11.5. The van der Waals surface area contributed by atoms with Gasteiger partial charge in [0.1, 0.15) is 16.4 Å². The van der Waals surface area contributed by atoms with E-state index in [1.165, 1.54) is 12.3 Å². The monoisotopic (exact) mass is 494 g/mol. The van der Waals surface area contributed by atoms with Gasteiger partial charge in [-0.15, -0.1) is 0 Å². The zero-order valence-corrected chi connectivity index (χ0v) is 20.8. The summed E-state index contributed by atoms with van der Waals surface area (Å²) in [4.78, 5) is 12.3. The summed E-state index contributed by atoms with van der Waals surface area (Å²) in [6, 6.07) is 20.6. The minimum atomic E-state index is -4.11. The summed E-state index contributed by atoms with van der Waals surface area (Å²) in [6.45, 7) is 2.13. The second kappa shape index (κ2) is 12.7. The van der Waals surface area contributed by atoms with Crippen LogP contribution in [0.5, 0.6) is 11.5 Å². The minimum Gasteiger partial charge on any atom is -0.497 e. The van der Waals surface area contributed by atoms with Crippen LogP contribution in [0.4, 0.5) is 0 Å². The van der Waals surface area contributed by atoms with Gasteiger partial charge in [-0.2, -0.15) is 13.5 Å². The first-order chi connectivity index (χ1) is 16.9. The number of hydrazone groups is 1. The fourth-order valence-corrected chi connectivity index (χ4v) is 4.58. The Morgan fingerprint density at radius 2 is 1.71 bits per heavy atom. The number of para-hydroxylation sites is 1. The van der Waals surface area contributed by atoms with E-state index in [2.05, 4.69) is 17.5 Å². The lowest BCUT2D eigenvalue weighted by atomic mass is 10.0. The minimum absolute atomic E-state index is 0.0219. The van der Waals surface area contributed by atoms with E-state index in [1.54, 1.807) is 67.8 Å². The molecule has 0 aliphatic heterocycles. The van der Waals surface area contributed by atoms with E-state index in [0.29, 0.717) is 11.3 Å². The van der Waals surface area contributed by atoms with E-state index < -0.39 is 10.1 Å². The molecule has 0 bridgehead atoms. The molecule has 0 spiro atoms. The molecule has 3 aromatic rings. The number of hydrogen-bond acceptors (Lipinski definition) is 6. The predicted octanol–water partition coefficient (Wildman–Crippen LogP) is 4.89. The molecular weight excluding hydrogens is 464 g/mol. The van der Waals surface area contributed by atoms with E-state index in [9.17, 15) is 13.2 Å². The molecule has 3 aromatic carbocycles. The van der Waals surface area contributed by atoms with Crippen molar-refractivity contribution in [2.24, 2.45) is 5.10 Å². The molecule has 0 unspecified atom stereocenters. The average molecular weight is 495 g/mol. The van der Waals surface area contributed by atoms with Crippen LogP contribution in [0.25, 0.3) is 0 Å². The average Bonchev–Trinajstić information content (AvgIpc) is 2.84. The van der Waals surface area contributed by atoms with E-state index in [1.807, 2.05) is 6.07 Å². The van der Waals surface area contributed by atoms with Crippen molar-refractivity contribution in [1.82, 2.24) is 5.43 Å². The molecule has 1 N–H and O–H groups in total. The van der Waals surface area contributed by atoms with E-state index in [4.69, 9.17) is 8.92 Å². The number of rotatable bonds is 12. The van der Waals surface area contributed by atoms with Gasteiger partial charge in [0.2, 0.25) is 5.91 Å². The Labute approximate surface area is 206 Å². The van der Waals surface area contributed by atoms with Crippen molar-refractivity contribution in [3.05, 3.63) is 89.5 Å². The number of amides is 1. The first-order valence-corrected chi connectivity index (χ1v) is 12.9. The van der Waals surface area contributed by atoms with Crippen molar-refractivity contribution in [3.8, 4) is 11.5 Å². The van der Waals surface area contributed by atoms with Gasteiger partial charge in [-0.3, -0.25) is 4.79 Å². The topological polar surface area (TPSA) is 94.1 Å². The molecule has 0 fully saturated rings. The van der Waals surface area contributed by atoms with Crippen molar-refractivity contribution in [2.45, 2.75) is 43.9 Å². The van der Waals surface area contributed by atoms with Crippen LogP contribution in [0.3, 0.4) is 0 Å². The molecule has 0 aliphatic rings. The molecule has 0 aromatic heterocycles. The van der Waals surface area contributed by atoms with Gasteiger partial charge in [0, 0.05) is 5.56 Å². The second-order valence-electron chi connectivity index (χ2n) is 8.00. The highest BCUT2D eigenvalue weighted by molar-refractivity contribution is 7.87. The predicted molar refractivity (Wildman–Crippen MR) is 136 cm³/mol. The van der Waals surface area contributed by atoms with Gasteiger partial charge in [-0.1, -0.05) is 56.2 Å². The molecule has 0 radical (unpaired) electrons. The summed E-state index contributed by atoms with van der Waals surface area (Å²) in [6.07, 6.45) is 5.43. The summed E-state index contributed by atoms with van der Waals surface area (Å²) in [5.74, 6) is 0.541. The molecule has 0 atom stereocenters. The number of hydrogen-bond donors (Lipinski definition) is 1. The second-order valence-corrected chi connectivity index (χ2v) is 9.52. The molecule has 3 rings (SSSR count). The Balaban J connectivity index is 1.79. The highest BCUT2D eigenvalue weighted by atomic mass is 32.2. The summed E-state index contributed by atoms with van der Waals surface area (Å²) in [5, 5.41) is 4.02. The highest BCUT2D eigenvalue weighted by Crippen LogP contribution is 2.22. The van der Waals surface area contributed by atoms with Crippen LogP contribution in [0.15, 0.2) is 82.8 Å². The summed E-state index contributed by atoms with van der Waals surface area (Å²) < 4.78 is 36.5. The van der Waals surface area contributed by atoms with Crippen molar-refractivity contribution in [3.63, 3.8) is 0 Å². The van der Waals surface area contributed by atoms with Gasteiger partial charge in [0.25, 0.3) is 0 Å². The lowest BCUT2D eigenvalue weighted by Gasteiger charge is -2.11. The van der Waals surface area contributed by atoms with Crippen molar-refractivity contribution < 1.29 is 22.1 Å². The molecule has 7 nitrogen and oxygen atoms in total. The number of ether oxygens (including phenoxy) is 1. The van der Waals surface area contributed by atoms with Gasteiger partial charge in [0.15, 0.2) is 0 Å². The normalized spacial score (nSPS) is 11.4. The van der Waals surface area contributed by atoms with Crippen molar-refractivity contribution in [1.29, 1.82) is 0 Å². The molecule has 0 aliphatic carbocycles. The third-order valence-electron chi connectivity index (χ3n) is 5.25. The van der Waals surface area contributed by atoms with Crippen LogP contribution >= 0.6 is 0 Å². The highest BCUT2D eigenvalue weighted by Gasteiger charge is 2.21. The lowest BCUT2D eigenvalue weighted by molar-refractivity contribution is -0.120. The fourth-order valence-electron chi connectivity index (χ4n) is 3.49. The Bertz CT molecular complexity index is 1260. The maximum absolute atomic E-state index is 13.0. The summed E-state index contributed by atoms with van der Waals surface area (Å²) in [5.41, 5.74) is 4.58. The Kier molecular flexibility index (Phi) is 9.43. The van der Waals surface area contributed by atoms with Crippen LogP contribution in [-0.4, -0.2) is 27.6 Å². The zero-order valence-electron chi connectivity index (χ0n) is 19.9. The quantitative estimate of drug-likeness (QED) is 0.167. The van der Waals surface area contributed by atoms with Crippen LogP contribution in [0.2, 0.25) is 0 Å². The summed E-state index contributed by atoms with van der Waals surface area (Å²) >= 11 is 0. The molecule has 0 saturated heterocycles. The van der Waals surface area contributed by atoms with Crippen LogP contribution in [0, 0.1) is 0 Å². The fraction of sp³-hybridized carbons (Fsp3) is 0.259. The van der Waals surface area contributed by atoms with Crippen molar-refractivity contribution in [2.75, 3.05) is 7.11 Å². The van der Waals surface area contributed by atoms with Crippen molar-refractivity contribution >= 4 is 22.2 Å². The Morgan fingerprint density at radius 3 is 2.46 bits per heavy atom. The van der Waals surface area contributed by atoms with Crippen LogP contribution in [0.1, 0.15) is 42.9 Å². The van der Waals surface area contributed by atoms with Gasteiger partial charge < -0.3 is 8.92 Å². The van der Waals surface area contributed by atoms with E-state index in [-0.39, 0.29) is 23.0 Å². The number of benzene rings is 3.